The van der Waals surface area contributed by atoms with E-state index in [0.29, 0.717) is 30.2 Å². The van der Waals surface area contributed by atoms with Crippen molar-refractivity contribution in [2.45, 2.75) is 36.6 Å². The van der Waals surface area contributed by atoms with E-state index < -0.39 is 15.8 Å². The van der Waals surface area contributed by atoms with Gasteiger partial charge in [-0.1, -0.05) is 18.0 Å². The summed E-state index contributed by atoms with van der Waals surface area (Å²) in [6.07, 6.45) is 2.92. The summed E-state index contributed by atoms with van der Waals surface area (Å²) in [7, 11) is -3.71. The van der Waals surface area contributed by atoms with E-state index >= 15 is 0 Å². The predicted molar refractivity (Wildman–Crippen MR) is 111 cm³/mol. The molecule has 3 rings (SSSR count). The molecule has 1 atom stereocenters. The predicted octanol–water partition coefficient (Wildman–Crippen LogP) is 4.23. The number of halogens is 2. The van der Waals surface area contributed by atoms with Crippen molar-refractivity contribution in [3.63, 3.8) is 0 Å². The summed E-state index contributed by atoms with van der Waals surface area (Å²) in [5, 5.41) is 6.04. The molecule has 1 aliphatic heterocycles. The van der Waals surface area contributed by atoms with Crippen LogP contribution in [0.4, 0.5) is 14.9 Å². The average Bonchev–Trinajstić information content (AvgIpc) is 2.70. The molecule has 0 aliphatic carbocycles. The van der Waals surface area contributed by atoms with Gasteiger partial charge >= 0.3 is 6.03 Å². The lowest BCUT2D eigenvalue weighted by atomic mass is 10.0. The molecule has 0 spiro atoms. The van der Waals surface area contributed by atoms with Crippen LogP contribution in [-0.4, -0.2) is 37.9 Å². The number of piperidine rings is 1. The van der Waals surface area contributed by atoms with Gasteiger partial charge in [0.15, 0.2) is 0 Å². The van der Waals surface area contributed by atoms with Crippen LogP contribution in [0, 0.1) is 5.82 Å². The second kappa shape index (κ2) is 9.56. The Labute approximate surface area is 175 Å². The minimum atomic E-state index is -3.71. The average molecular weight is 440 g/mol. The number of nitrogens with zero attached hydrogens (tertiary/aromatic N) is 1. The van der Waals surface area contributed by atoms with Crippen molar-refractivity contribution in [3.05, 3.63) is 59.4 Å². The Morgan fingerprint density at radius 1 is 1.10 bits per heavy atom. The van der Waals surface area contributed by atoms with Crippen molar-refractivity contribution in [1.29, 1.82) is 0 Å². The van der Waals surface area contributed by atoms with E-state index in [2.05, 4.69) is 10.6 Å². The molecule has 2 aromatic rings. The van der Waals surface area contributed by atoms with Crippen molar-refractivity contribution < 1.29 is 17.6 Å². The van der Waals surface area contributed by atoms with Gasteiger partial charge in [-0.15, -0.1) is 0 Å². The minimum absolute atomic E-state index is 0.0826. The molecule has 0 aromatic heterocycles. The highest BCUT2D eigenvalue weighted by molar-refractivity contribution is 7.89. The summed E-state index contributed by atoms with van der Waals surface area (Å²) in [5.74, 6) is -0.477. The molecule has 6 nitrogen and oxygen atoms in total. The molecule has 9 heteroatoms. The van der Waals surface area contributed by atoms with Crippen LogP contribution in [0.3, 0.4) is 0 Å². The van der Waals surface area contributed by atoms with Gasteiger partial charge in [-0.3, -0.25) is 0 Å². The zero-order valence-electron chi connectivity index (χ0n) is 15.8. The van der Waals surface area contributed by atoms with Gasteiger partial charge in [0.2, 0.25) is 10.0 Å². The summed E-state index contributed by atoms with van der Waals surface area (Å²) in [6, 6.07) is 11.0. The summed E-state index contributed by atoms with van der Waals surface area (Å²) in [5.41, 5.74) is 0.616. The number of benzene rings is 2. The van der Waals surface area contributed by atoms with E-state index in [9.17, 15) is 17.6 Å². The molecule has 0 bridgehead atoms. The topological polar surface area (TPSA) is 78.5 Å². The van der Waals surface area contributed by atoms with Crippen LogP contribution in [0.25, 0.3) is 0 Å². The lowest BCUT2D eigenvalue weighted by Crippen LogP contribution is -2.45. The van der Waals surface area contributed by atoms with Crippen LogP contribution < -0.4 is 10.6 Å². The molecule has 0 saturated carbocycles. The monoisotopic (exact) mass is 439 g/mol. The first kappa shape index (κ1) is 21.5. The second-order valence-corrected chi connectivity index (χ2v) is 9.22. The van der Waals surface area contributed by atoms with Crippen molar-refractivity contribution >= 4 is 33.3 Å². The fourth-order valence-corrected chi connectivity index (χ4v) is 5.23. The number of nitrogens with one attached hydrogen (secondary N) is 2. The zero-order chi connectivity index (χ0) is 20.9. The lowest BCUT2D eigenvalue weighted by molar-refractivity contribution is 0.234. The van der Waals surface area contributed by atoms with Crippen LogP contribution in [0.15, 0.2) is 53.4 Å². The van der Waals surface area contributed by atoms with Gasteiger partial charge < -0.3 is 10.6 Å². The Kier molecular flexibility index (Phi) is 7.10. The molecular weight excluding hydrogens is 417 g/mol. The minimum Gasteiger partial charge on any atom is -0.338 e. The molecule has 2 amide bonds. The van der Waals surface area contributed by atoms with Gasteiger partial charge in [0.1, 0.15) is 5.82 Å². The molecule has 2 N–H and O–H groups in total. The fourth-order valence-electron chi connectivity index (χ4n) is 3.38. The third kappa shape index (κ3) is 5.68. The van der Waals surface area contributed by atoms with Crippen molar-refractivity contribution in [1.82, 2.24) is 9.62 Å². The standard InChI is InChI=1S/C20H23ClFN3O3S/c21-15-4-8-17(9-5-15)24-20(26)23-13-12-18-3-1-2-14-25(18)29(27,28)19-10-6-16(22)7-11-19/h4-11,18H,1-3,12-14H2,(H2,23,24,26)/t18-/m1/s1. The highest BCUT2D eigenvalue weighted by Gasteiger charge is 2.33. The van der Waals surface area contributed by atoms with Crippen molar-refractivity contribution in [2.24, 2.45) is 0 Å². The SMILES string of the molecule is O=C(NCC[C@H]1CCCCN1S(=O)(=O)c1ccc(F)cc1)Nc1ccc(Cl)cc1. The highest BCUT2D eigenvalue weighted by atomic mass is 35.5. The highest BCUT2D eigenvalue weighted by Crippen LogP contribution is 2.27. The van der Waals surface area contributed by atoms with Gasteiger partial charge in [0, 0.05) is 29.8 Å². The van der Waals surface area contributed by atoms with Crippen LogP contribution >= 0.6 is 11.6 Å². The van der Waals surface area contributed by atoms with Crippen LogP contribution in [0.1, 0.15) is 25.7 Å². The van der Waals surface area contributed by atoms with Crippen molar-refractivity contribution in [3.8, 4) is 0 Å². The second-order valence-electron chi connectivity index (χ2n) is 6.90. The summed E-state index contributed by atoms with van der Waals surface area (Å²) < 4.78 is 40.6. The maximum atomic E-state index is 13.2. The normalized spacial score (nSPS) is 17.7. The van der Waals surface area contributed by atoms with Crippen LogP contribution in [-0.2, 0) is 10.0 Å². The Hall–Kier alpha value is -2.16. The number of carbonyl (C=O) groups excluding carboxylic acids is 1. The van der Waals surface area contributed by atoms with E-state index in [-0.39, 0.29) is 17.0 Å². The van der Waals surface area contributed by atoms with Crippen LogP contribution in [0.2, 0.25) is 5.02 Å². The first-order valence-corrected chi connectivity index (χ1v) is 11.3. The number of carbonyl (C=O) groups is 1. The third-order valence-electron chi connectivity index (χ3n) is 4.86. The molecule has 0 radical (unpaired) electrons. The third-order valence-corrected chi connectivity index (χ3v) is 7.08. The molecule has 1 fully saturated rings. The lowest BCUT2D eigenvalue weighted by Gasteiger charge is -2.34. The van der Waals surface area contributed by atoms with E-state index in [1.165, 1.54) is 16.4 Å². The smallest absolute Gasteiger partial charge is 0.319 e. The number of hydrogen-bond donors (Lipinski definition) is 2. The first-order chi connectivity index (χ1) is 13.9. The quantitative estimate of drug-likeness (QED) is 0.706. The summed E-state index contributed by atoms with van der Waals surface area (Å²) >= 11 is 5.82. The molecule has 2 aromatic carbocycles. The van der Waals surface area contributed by atoms with Gasteiger partial charge in [-0.25, -0.2) is 17.6 Å². The van der Waals surface area contributed by atoms with Gasteiger partial charge in [0.25, 0.3) is 0 Å². The van der Waals surface area contributed by atoms with Crippen molar-refractivity contribution in [2.75, 3.05) is 18.4 Å². The van der Waals surface area contributed by atoms with E-state index in [1.54, 1.807) is 24.3 Å². The summed E-state index contributed by atoms with van der Waals surface area (Å²) in [6.45, 7) is 0.751. The van der Waals surface area contributed by atoms with Gasteiger partial charge in [-0.05, 0) is 67.8 Å². The largest absolute Gasteiger partial charge is 0.338 e. The number of amides is 2. The molecular formula is C20H23ClFN3O3S. The molecule has 1 heterocycles. The fraction of sp³-hybridized carbons (Fsp3) is 0.350. The van der Waals surface area contributed by atoms with E-state index in [1.807, 2.05) is 0 Å². The zero-order valence-corrected chi connectivity index (χ0v) is 17.3. The van der Waals surface area contributed by atoms with Gasteiger partial charge in [-0.2, -0.15) is 4.31 Å². The Morgan fingerprint density at radius 2 is 1.79 bits per heavy atom. The van der Waals surface area contributed by atoms with Crippen LogP contribution in [0.5, 0.6) is 0 Å². The number of urea groups is 1. The Balaban J connectivity index is 1.57. The number of sulfonamides is 1. The van der Waals surface area contributed by atoms with E-state index in [4.69, 9.17) is 11.6 Å². The summed E-state index contributed by atoms with van der Waals surface area (Å²) in [4.78, 5) is 12.1. The molecule has 156 valence electrons. The number of anilines is 1. The van der Waals surface area contributed by atoms with E-state index in [0.717, 1.165) is 31.4 Å². The Morgan fingerprint density at radius 3 is 2.48 bits per heavy atom. The number of hydrogen-bond acceptors (Lipinski definition) is 3. The maximum absolute atomic E-state index is 13.2. The molecule has 1 saturated heterocycles. The van der Waals surface area contributed by atoms with Gasteiger partial charge in [0.05, 0.1) is 4.90 Å². The molecule has 29 heavy (non-hydrogen) atoms. The molecule has 1 aliphatic rings. The maximum Gasteiger partial charge on any atom is 0.319 e. The number of rotatable bonds is 6. The molecule has 0 unspecified atom stereocenters. The Bertz CT molecular complexity index is 936. The first-order valence-electron chi connectivity index (χ1n) is 9.44.